The van der Waals surface area contributed by atoms with Crippen LogP contribution in [0.1, 0.15) is 38.8 Å². The minimum absolute atomic E-state index is 0.0127. The van der Waals surface area contributed by atoms with Crippen molar-refractivity contribution in [1.82, 2.24) is 0 Å². The molecule has 0 aliphatic carbocycles. The zero-order valence-electron chi connectivity index (χ0n) is 14.7. The van der Waals surface area contributed by atoms with Gasteiger partial charge in [0.05, 0.1) is 11.6 Å². The van der Waals surface area contributed by atoms with Crippen LogP contribution in [0.4, 0.5) is 0 Å². The first-order valence-corrected chi connectivity index (χ1v) is 10.5. The molecule has 4 nitrogen and oxygen atoms in total. The summed E-state index contributed by atoms with van der Waals surface area (Å²) in [6.45, 7) is 11.9. The number of ether oxygens (including phenoxy) is 1. The molecule has 1 aromatic carbocycles. The third kappa shape index (κ3) is 4.85. The number of rotatable bonds is 5. The van der Waals surface area contributed by atoms with Gasteiger partial charge in [-0.15, -0.1) is 0 Å². The summed E-state index contributed by atoms with van der Waals surface area (Å²) < 4.78 is 11.8. The van der Waals surface area contributed by atoms with Crippen molar-refractivity contribution in [2.75, 3.05) is 7.11 Å². The summed E-state index contributed by atoms with van der Waals surface area (Å²) in [6, 6.07) is 3.85. The molecule has 0 heterocycles. The van der Waals surface area contributed by atoms with Gasteiger partial charge in [0.2, 0.25) is 0 Å². The lowest BCUT2D eigenvalue weighted by Crippen LogP contribution is -2.18. The molecule has 0 aromatic heterocycles. The van der Waals surface area contributed by atoms with Crippen molar-refractivity contribution >= 4 is 36.5 Å². The molecule has 1 N–H and O–H groups in total. The lowest BCUT2D eigenvalue weighted by Gasteiger charge is -2.25. The summed E-state index contributed by atoms with van der Waals surface area (Å²) in [4.78, 5) is 11.6. The molecule has 1 rings (SSSR count). The van der Waals surface area contributed by atoms with Crippen LogP contribution in [-0.4, -0.2) is 27.2 Å². The molecule has 0 atom stereocenters. The van der Waals surface area contributed by atoms with Crippen molar-refractivity contribution < 1.29 is 19.1 Å². The molecule has 127 valence electrons. The van der Waals surface area contributed by atoms with Crippen LogP contribution < -0.4 is 4.74 Å². The largest absolute Gasteiger partial charge is 0.538 e. The number of hydrogen-bond acceptors (Lipinski definition) is 3. The van der Waals surface area contributed by atoms with E-state index in [1.165, 1.54) is 0 Å². The first-order valence-electron chi connectivity index (χ1n) is 7.29. The Balaban J connectivity index is 3.69. The third-order valence-electron chi connectivity index (χ3n) is 3.35. The smallest absolute Gasteiger partial charge is 0.370 e. The summed E-state index contributed by atoms with van der Waals surface area (Å²) in [5.41, 5.74) is 2.32. The molecule has 0 amide bonds. The Morgan fingerprint density at radius 3 is 2.22 bits per heavy atom. The average Bonchev–Trinajstić information content (AvgIpc) is 2.42. The second kappa shape index (κ2) is 7.53. The van der Waals surface area contributed by atoms with E-state index in [9.17, 15) is 9.90 Å². The van der Waals surface area contributed by atoms with Crippen LogP contribution in [0.2, 0.25) is 13.1 Å². The van der Waals surface area contributed by atoms with E-state index in [0.29, 0.717) is 11.3 Å². The Morgan fingerprint density at radius 1 is 1.26 bits per heavy atom. The molecule has 23 heavy (non-hydrogen) atoms. The van der Waals surface area contributed by atoms with E-state index in [4.69, 9.17) is 9.16 Å². The fourth-order valence-corrected chi connectivity index (χ4v) is 3.40. The number of aliphatic carboxylic acids is 1. The Hall–Kier alpha value is -1.27. The van der Waals surface area contributed by atoms with E-state index >= 15 is 0 Å². The molecule has 6 heteroatoms. The van der Waals surface area contributed by atoms with Crippen molar-refractivity contribution in [3.8, 4) is 5.75 Å². The van der Waals surface area contributed by atoms with Crippen LogP contribution in [0.5, 0.6) is 5.75 Å². The predicted octanol–water partition coefficient (Wildman–Crippen LogP) is 4.84. The van der Waals surface area contributed by atoms with E-state index in [0.717, 1.165) is 15.6 Å². The molecule has 0 fully saturated rings. The fourth-order valence-electron chi connectivity index (χ4n) is 2.25. The van der Waals surface area contributed by atoms with E-state index in [1.54, 1.807) is 14.0 Å². The quantitative estimate of drug-likeness (QED) is 0.437. The van der Waals surface area contributed by atoms with Crippen molar-refractivity contribution in [2.45, 2.75) is 46.2 Å². The summed E-state index contributed by atoms with van der Waals surface area (Å²) in [5, 5.41) is 9.52. The van der Waals surface area contributed by atoms with Crippen LogP contribution in [-0.2, 0) is 14.6 Å². The van der Waals surface area contributed by atoms with E-state index < -0.39 is 15.0 Å². The van der Waals surface area contributed by atoms with Gasteiger partial charge in [0.15, 0.2) is 5.76 Å². The number of carboxylic acids is 1. The van der Waals surface area contributed by atoms with Crippen LogP contribution in [0, 0.1) is 0 Å². The molecule has 1 aromatic rings. The first-order chi connectivity index (χ1) is 10.5. The van der Waals surface area contributed by atoms with Crippen molar-refractivity contribution in [1.29, 1.82) is 0 Å². The maximum atomic E-state index is 11.6. The predicted molar refractivity (Wildman–Crippen MR) is 98.2 cm³/mol. The number of benzene rings is 1. The van der Waals surface area contributed by atoms with Gasteiger partial charge < -0.3 is 14.3 Å². The van der Waals surface area contributed by atoms with E-state index in [-0.39, 0.29) is 11.2 Å². The van der Waals surface area contributed by atoms with Crippen molar-refractivity contribution in [3.05, 3.63) is 33.5 Å². The first kappa shape index (κ1) is 19.8. The van der Waals surface area contributed by atoms with E-state index in [1.807, 2.05) is 25.2 Å². The molecule has 0 saturated heterocycles. The Kier molecular flexibility index (Phi) is 6.47. The lowest BCUT2D eigenvalue weighted by atomic mass is 9.81. The monoisotopic (exact) mass is 399 g/mol. The second-order valence-electron chi connectivity index (χ2n) is 6.55. The summed E-state index contributed by atoms with van der Waals surface area (Å²) in [5.74, 6) is -0.371. The minimum atomic E-state index is -1.18. The van der Waals surface area contributed by atoms with Gasteiger partial charge in [0.1, 0.15) is 5.75 Å². The molecule has 0 spiro atoms. The Labute approximate surface area is 148 Å². The van der Waals surface area contributed by atoms with Gasteiger partial charge in [0.25, 0.3) is 9.04 Å². The molecule has 1 radical (unpaired) electrons. The highest BCUT2D eigenvalue weighted by Gasteiger charge is 2.25. The highest BCUT2D eigenvalue weighted by atomic mass is 79.9. The maximum Gasteiger partial charge on any atom is 0.370 e. The number of allylic oxidation sites excluding steroid dienone is 1. The molecular weight excluding hydrogens is 376 g/mol. The SMILES string of the molecule is COc1cc(C(C)=C(O[Si](C)C)C(=O)O)c(C(C)(C)C)cc1Br. The standard InChI is InChI=1S/C17H24BrO4Si/c1-10(15(16(19)20)22-23(6)7)11-8-14(21-5)13(18)9-12(11)17(2,3)4/h8-9H,1-7H3,(H,19,20). The third-order valence-corrected chi connectivity index (χ3v) is 4.58. The topological polar surface area (TPSA) is 55.8 Å². The van der Waals surface area contributed by atoms with Crippen LogP contribution in [0.3, 0.4) is 0 Å². The zero-order chi connectivity index (χ0) is 17.9. The normalized spacial score (nSPS) is 12.9. The van der Waals surface area contributed by atoms with Gasteiger partial charge in [-0.05, 0) is 64.6 Å². The molecule has 0 bridgehead atoms. The number of methoxy groups -OCH3 is 1. The van der Waals surface area contributed by atoms with Gasteiger partial charge in [-0.2, -0.15) is 0 Å². The van der Waals surface area contributed by atoms with Gasteiger partial charge in [0, 0.05) is 5.57 Å². The average molecular weight is 400 g/mol. The summed E-state index contributed by atoms with van der Waals surface area (Å²) in [6.07, 6.45) is 0. The van der Waals surface area contributed by atoms with Crippen LogP contribution >= 0.6 is 15.9 Å². The Morgan fingerprint density at radius 2 is 1.83 bits per heavy atom. The number of carboxylic acid groups (broad SMARTS) is 1. The van der Waals surface area contributed by atoms with E-state index in [2.05, 4.69) is 36.7 Å². The van der Waals surface area contributed by atoms with Gasteiger partial charge >= 0.3 is 5.97 Å². The summed E-state index contributed by atoms with van der Waals surface area (Å²) >= 11 is 3.51. The maximum absolute atomic E-state index is 11.6. The second-order valence-corrected chi connectivity index (χ2v) is 9.43. The number of hydrogen-bond donors (Lipinski definition) is 1. The Bertz CT molecular complexity index is 630. The molecular formula is C17H24BrO4Si. The fraction of sp³-hybridized carbons (Fsp3) is 0.471. The highest BCUT2D eigenvalue weighted by Crippen LogP contribution is 2.38. The highest BCUT2D eigenvalue weighted by molar-refractivity contribution is 9.10. The summed E-state index contributed by atoms with van der Waals surface area (Å²) in [7, 11) is 0.411. The van der Waals surface area contributed by atoms with Crippen molar-refractivity contribution in [3.63, 3.8) is 0 Å². The number of halogens is 1. The van der Waals surface area contributed by atoms with Gasteiger partial charge in [-0.3, -0.25) is 0 Å². The minimum Gasteiger partial charge on any atom is -0.538 e. The zero-order valence-corrected chi connectivity index (χ0v) is 17.3. The van der Waals surface area contributed by atoms with Crippen molar-refractivity contribution in [2.24, 2.45) is 0 Å². The van der Waals surface area contributed by atoms with Gasteiger partial charge in [-0.25, -0.2) is 4.79 Å². The molecule has 0 saturated carbocycles. The van der Waals surface area contributed by atoms with Gasteiger partial charge in [-0.1, -0.05) is 20.8 Å². The lowest BCUT2D eigenvalue weighted by molar-refractivity contribution is -0.135. The van der Waals surface area contributed by atoms with Crippen LogP contribution in [0.25, 0.3) is 5.57 Å². The molecule has 0 aliphatic rings. The van der Waals surface area contributed by atoms with Crippen LogP contribution in [0.15, 0.2) is 22.4 Å². The number of carbonyl (C=O) groups is 1. The molecule has 0 aliphatic heterocycles. The molecule has 0 unspecified atom stereocenters.